The molecule has 90 valence electrons. The lowest BCUT2D eigenvalue weighted by atomic mass is 9.97. The molecule has 0 fully saturated rings. The Bertz CT molecular complexity index is 323. The molecule has 0 amide bonds. The van der Waals surface area contributed by atoms with E-state index in [2.05, 4.69) is 27.3 Å². The Morgan fingerprint density at radius 1 is 1.25 bits per heavy atom. The van der Waals surface area contributed by atoms with Crippen molar-refractivity contribution in [2.45, 2.75) is 38.8 Å². The molecule has 1 aromatic carbocycles. The van der Waals surface area contributed by atoms with Crippen molar-refractivity contribution in [3.8, 4) is 0 Å². The molecule has 0 unspecified atom stereocenters. The number of hydrogen-bond donors (Lipinski definition) is 2. The van der Waals surface area contributed by atoms with Gasteiger partial charge in [-0.15, -0.1) is 0 Å². The van der Waals surface area contributed by atoms with E-state index in [4.69, 9.17) is 0 Å². The summed E-state index contributed by atoms with van der Waals surface area (Å²) in [5.41, 5.74) is 0.651. The van der Waals surface area contributed by atoms with Crippen LogP contribution >= 0.6 is 15.9 Å². The minimum atomic E-state index is -0.568. The van der Waals surface area contributed by atoms with Crippen LogP contribution in [0.4, 0.5) is 0 Å². The van der Waals surface area contributed by atoms with Gasteiger partial charge in [-0.3, -0.25) is 0 Å². The SMILES string of the molecule is CCC(O)(CC)CNCc1ccccc1Br. The van der Waals surface area contributed by atoms with Crippen molar-refractivity contribution in [2.24, 2.45) is 0 Å². The van der Waals surface area contributed by atoms with Gasteiger partial charge in [0.1, 0.15) is 0 Å². The Kier molecular flexibility index (Phi) is 5.46. The van der Waals surface area contributed by atoms with Crippen LogP contribution in [0.5, 0.6) is 0 Å². The normalized spacial score (nSPS) is 11.8. The number of nitrogens with one attached hydrogen (secondary N) is 1. The summed E-state index contributed by atoms with van der Waals surface area (Å²) in [5, 5.41) is 13.4. The second kappa shape index (κ2) is 6.38. The van der Waals surface area contributed by atoms with E-state index in [1.54, 1.807) is 0 Å². The van der Waals surface area contributed by atoms with Crippen molar-refractivity contribution in [3.05, 3.63) is 34.3 Å². The number of rotatable bonds is 6. The summed E-state index contributed by atoms with van der Waals surface area (Å²) in [7, 11) is 0. The van der Waals surface area contributed by atoms with Crippen LogP contribution in [0.15, 0.2) is 28.7 Å². The van der Waals surface area contributed by atoms with Crippen molar-refractivity contribution in [2.75, 3.05) is 6.54 Å². The van der Waals surface area contributed by atoms with Gasteiger partial charge in [-0.2, -0.15) is 0 Å². The molecule has 0 heterocycles. The summed E-state index contributed by atoms with van der Waals surface area (Å²) < 4.78 is 1.11. The van der Waals surface area contributed by atoms with Crippen LogP contribution in [0.2, 0.25) is 0 Å². The topological polar surface area (TPSA) is 32.3 Å². The van der Waals surface area contributed by atoms with Crippen molar-refractivity contribution in [3.63, 3.8) is 0 Å². The average molecular weight is 286 g/mol. The van der Waals surface area contributed by atoms with Crippen LogP contribution in [0.3, 0.4) is 0 Å². The number of halogens is 1. The molecule has 0 saturated carbocycles. The predicted molar refractivity (Wildman–Crippen MR) is 71.4 cm³/mol. The highest BCUT2D eigenvalue weighted by molar-refractivity contribution is 9.10. The van der Waals surface area contributed by atoms with Gasteiger partial charge in [0.05, 0.1) is 5.60 Å². The third-order valence-electron chi connectivity index (χ3n) is 3.04. The first-order chi connectivity index (χ1) is 7.61. The highest BCUT2D eigenvalue weighted by Gasteiger charge is 2.21. The quantitative estimate of drug-likeness (QED) is 0.842. The molecule has 0 aliphatic rings. The first kappa shape index (κ1) is 13.7. The number of benzene rings is 1. The van der Waals surface area contributed by atoms with Crippen LogP contribution in [-0.2, 0) is 6.54 Å². The molecular weight excluding hydrogens is 266 g/mol. The maximum atomic E-state index is 10.1. The van der Waals surface area contributed by atoms with Gasteiger partial charge in [0, 0.05) is 17.6 Å². The molecule has 0 aliphatic carbocycles. The summed E-state index contributed by atoms with van der Waals surface area (Å²) in [6.45, 7) is 5.46. The first-order valence-electron chi connectivity index (χ1n) is 5.78. The average Bonchev–Trinajstić information content (AvgIpc) is 2.31. The van der Waals surface area contributed by atoms with Crippen LogP contribution in [0, 0.1) is 0 Å². The molecule has 1 aromatic rings. The van der Waals surface area contributed by atoms with Gasteiger partial charge in [-0.1, -0.05) is 48.0 Å². The summed E-state index contributed by atoms with van der Waals surface area (Å²) in [5.74, 6) is 0. The minimum Gasteiger partial charge on any atom is -0.389 e. The molecule has 2 nitrogen and oxygen atoms in total. The zero-order valence-electron chi connectivity index (χ0n) is 9.96. The first-order valence-corrected chi connectivity index (χ1v) is 6.57. The van der Waals surface area contributed by atoms with Crippen LogP contribution in [-0.4, -0.2) is 17.3 Å². The second-order valence-electron chi connectivity index (χ2n) is 4.13. The van der Waals surface area contributed by atoms with E-state index < -0.39 is 5.60 Å². The number of hydrogen-bond acceptors (Lipinski definition) is 2. The smallest absolute Gasteiger partial charge is 0.0766 e. The summed E-state index contributed by atoms with van der Waals surface area (Å²) in [6, 6.07) is 8.13. The van der Waals surface area contributed by atoms with E-state index in [0.29, 0.717) is 6.54 Å². The molecule has 0 spiro atoms. The van der Waals surface area contributed by atoms with Crippen molar-refractivity contribution in [1.29, 1.82) is 0 Å². The van der Waals surface area contributed by atoms with Crippen LogP contribution in [0.1, 0.15) is 32.3 Å². The fourth-order valence-electron chi connectivity index (χ4n) is 1.57. The zero-order chi connectivity index (χ0) is 12.0. The molecular formula is C13H20BrNO. The molecule has 0 aliphatic heterocycles. The molecule has 0 atom stereocenters. The van der Waals surface area contributed by atoms with Crippen molar-refractivity contribution < 1.29 is 5.11 Å². The van der Waals surface area contributed by atoms with Crippen molar-refractivity contribution >= 4 is 15.9 Å². The maximum Gasteiger partial charge on any atom is 0.0766 e. The van der Waals surface area contributed by atoms with Gasteiger partial charge in [-0.25, -0.2) is 0 Å². The molecule has 3 heteroatoms. The van der Waals surface area contributed by atoms with Gasteiger partial charge in [-0.05, 0) is 24.5 Å². The van der Waals surface area contributed by atoms with Crippen LogP contribution in [0.25, 0.3) is 0 Å². The molecule has 16 heavy (non-hydrogen) atoms. The Balaban J connectivity index is 2.44. The predicted octanol–water partition coefficient (Wildman–Crippen LogP) is 3.09. The van der Waals surface area contributed by atoms with Crippen molar-refractivity contribution in [1.82, 2.24) is 5.32 Å². The standard InChI is InChI=1S/C13H20BrNO/c1-3-13(16,4-2)10-15-9-11-7-5-6-8-12(11)14/h5-8,15-16H,3-4,9-10H2,1-2H3. The lowest BCUT2D eigenvalue weighted by molar-refractivity contribution is 0.0323. The molecule has 0 aromatic heterocycles. The van der Waals surface area contributed by atoms with E-state index in [-0.39, 0.29) is 0 Å². The molecule has 1 rings (SSSR count). The van der Waals surface area contributed by atoms with Gasteiger partial charge in [0.25, 0.3) is 0 Å². The van der Waals surface area contributed by atoms with E-state index in [1.165, 1.54) is 5.56 Å². The largest absolute Gasteiger partial charge is 0.389 e. The zero-order valence-corrected chi connectivity index (χ0v) is 11.5. The Labute approximate surface area is 106 Å². The maximum absolute atomic E-state index is 10.1. The molecule has 0 radical (unpaired) electrons. The van der Waals surface area contributed by atoms with E-state index in [1.807, 2.05) is 32.0 Å². The molecule has 0 bridgehead atoms. The van der Waals surface area contributed by atoms with E-state index in [9.17, 15) is 5.11 Å². The third kappa shape index (κ3) is 3.89. The lowest BCUT2D eigenvalue weighted by Gasteiger charge is -2.25. The van der Waals surface area contributed by atoms with Gasteiger partial charge in [0.15, 0.2) is 0 Å². The summed E-state index contributed by atoms with van der Waals surface area (Å²) in [6.07, 6.45) is 1.57. The van der Waals surface area contributed by atoms with E-state index >= 15 is 0 Å². The van der Waals surface area contributed by atoms with E-state index in [0.717, 1.165) is 23.9 Å². The van der Waals surface area contributed by atoms with Gasteiger partial charge in [0.2, 0.25) is 0 Å². The van der Waals surface area contributed by atoms with Gasteiger partial charge < -0.3 is 10.4 Å². The molecule has 0 saturated heterocycles. The lowest BCUT2D eigenvalue weighted by Crippen LogP contribution is -2.39. The number of aliphatic hydroxyl groups is 1. The molecule has 2 N–H and O–H groups in total. The summed E-state index contributed by atoms with van der Waals surface area (Å²) in [4.78, 5) is 0. The van der Waals surface area contributed by atoms with Crippen LogP contribution < -0.4 is 5.32 Å². The highest BCUT2D eigenvalue weighted by atomic mass is 79.9. The minimum absolute atomic E-state index is 0.568. The fourth-order valence-corrected chi connectivity index (χ4v) is 2.00. The Morgan fingerprint density at radius 2 is 1.88 bits per heavy atom. The monoisotopic (exact) mass is 285 g/mol. The Hall–Kier alpha value is -0.380. The fraction of sp³-hybridized carbons (Fsp3) is 0.538. The second-order valence-corrected chi connectivity index (χ2v) is 4.98. The highest BCUT2D eigenvalue weighted by Crippen LogP contribution is 2.17. The third-order valence-corrected chi connectivity index (χ3v) is 3.82. The van der Waals surface area contributed by atoms with Gasteiger partial charge >= 0.3 is 0 Å². The summed E-state index contributed by atoms with van der Waals surface area (Å²) >= 11 is 3.51. The Morgan fingerprint density at radius 3 is 2.44 bits per heavy atom.